The third kappa shape index (κ3) is 4.18. The normalized spacial score (nSPS) is 26.4. The van der Waals surface area contributed by atoms with E-state index in [-0.39, 0.29) is 12.6 Å². The first kappa shape index (κ1) is 14.8. The maximum atomic E-state index is 11.7. The summed E-state index contributed by atoms with van der Waals surface area (Å²) < 4.78 is 0. The van der Waals surface area contributed by atoms with Gasteiger partial charge in [0.05, 0.1) is 5.92 Å². The highest BCUT2D eigenvalue weighted by Gasteiger charge is 2.26. The fraction of sp³-hybridized carbons (Fsp3) is 0.833. The Kier molecular flexibility index (Phi) is 5.40. The topological polar surface area (TPSA) is 81.7 Å². The van der Waals surface area contributed by atoms with Crippen molar-refractivity contribution < 1.29 is 14.7 Å². The molecule has 1 aliphatic rings. The Bertz CT molecular complexity index is 299. The molecule has 1 rings (SSSR count). The molecule has 3 N–H and O–H groups in total. The maximum absolute atomic E-state index is 11.7. The van der Waals surface area contributed by atoms with E-state index in [4.69, 9.17) is 5.11 Å². The summed E-state index contributed by atoms with van der Waals surface area (Å²) in [7, 11) is 0. The highest BCUT2D eigenvalue weighted by atomic mass is 16.4. The van der Waals surface area contributed by atoms with E-state index in [0.717, 1.165) is 12.8 Å². The molecule has 0 radical (unpaired) electrons. The average Bonchev–Trinajstić information content (AvgIpc) is 2.30. The predicted octanol–water partition coefficient (Wildman–Crippen LogP) is 1.18. The number of nitrogens with one attached hydrogen (secondary N) is 2. The fourth-order valence-corrected chi connectivity index (χ4v) is 2.13. The molecule has 0 bridgehead atoms. The zero-order chi connectivity index (χ0) is 13.7. The molecule has 0 aromatic heterocycles. The number of rotatable bonds is 4. The van der Waals surface area contributed by atoms with Gasteiger partial charge in [-0.05, 0) is 26.7 Å². The minimum absolute atomic E-state index is 0.137. The Morgan fingerprint density at radius 2 is 1.89 bits per heavy atom. The van der Waals surface area contributed by atoms with Gasteiger partial charge in [0.15, 0.2) is 0 Å². The Morgan fingerprint density at radius 3 is 2.39 bits per heavy atom. The third-order valence-corrected chi connectivity index (χ3v) is 3.41. The molecule has 1 aliphatic heterocycles. The molecule has 1 heterocycles. The van der Waals surface area contributed by atoms with Crippen LogP contribution in [0.4, 0.5) is 4.79 Å². The van der Waals surface area contributed by atoms with E-state index < -0.39 is 11.9 Å². The van der Waals surface area contributed by atoms with Crippen LogP contribution in [0.15, 0.2) is 0 Å². The fourth-order valence-electron chi connectivity index (χ4n) is 2.13. The molecule has 0 spiro atoms. The molecule has 0 aromatic carbocycles. The first-order valence-corrected chi connectivity index (χ1v) is 6.47. The first-order valence-electron chi connectivity index (χ1n) is 6.47. The summed E-state index contributed by atoms with van der Waals surface area (Å²) in [5, 5.41) is 13.2. The summed E-state index contributed by atoms with van der Waals surface area (Å²) in [4.78, 5) is 22.3. The van der Waals surface area contributed by atoms with Crippen LogP contribution < -0.4 is 10.7 Å². The molecule has 3 atom stereocenters. The van der Waals surface area contributed by atoms with Crippen LogP contribution >= 0.6 is 0 Å². The van der Waals surface area contributed by atoms with Crippen LogP contribution in [0.25, 0.3) is 0 Å². The van der Waals surface area contributed by atoms with Gasteiger partial charge in [-0.25, -0.2) is 9.80 Å². The lowest BCUT2D eigenvalue weighted by molar-refractivity contribution is -0.140. The lowest BCUT2D eigenvalue weighted by atomic mass is 10.00. The molecule has 6 nitrogen and oxygen atoms in total. The van der Waals surface area contributed by atoms with Crippen molar-refractivity contribution in [2.45, 2.75) is 52.1 Å². The molecule has 6 heteroatoms. The van der Waals surface area contributed by atoms with Crippen LogP contribution in [-0.2, 0) is 4.79 Å². The second-order valence-corrected chi connectivity index (χ2v) is 5.10. The second kappa shape index (κ2) is 6.58. The number of amides is 2. The van der Waals surface area contributed by atoms with Crippen LogP contribution in [0.3, 0.4) is 0 Å². The average molecular weight is 257 g/mol. The molecule has 0 saturated carbocycles. The molecular formula is C12H23N3O3. The highest BCUT2D eigenvalue weighted by Crippen LogP contribution is 2.19. The Labute approximate surface area is 108 Å². The Morgan fingerprint density at radius 1 is 1.33 bits per heavy atom. The van der Waals surface area contributed by atoms with Gasteiger partial charge in [-0.3, -0.25) is 10.2 Å². The van der Waals surface area contributed by atoms with Gasteiger partial charge in [-0.1, -0.05) is 13.3 Å². The minimum Gasteiger partial charge on any atom is -0.481 e. The predicted molar refractivity (Wildman–Crippen MR) is 67.9 cm³/mol. The minimum atomic E-state index is -0.907. The van der Waals surface area contributed by atoms with Gasteiger partial charge in [0, 0.05) is 18.6 Å². The van der Waals surface area contributed by atoms with Gasteiger partial charge in [0.25, 0.3) is 0 Å². The number of carbonyl (C=O) groups excluding carboxylic acids is 1. The SMILES string of the molecule is CC(CNC(=O)NN1C(C)CCCC1C)C(=O)O. The summed E-state index contributed by atoms with van der Waals surface area (Å²) in [5.41, 5.74) is 2.80. The van der Waals surface area contributed by atoms with Gasteiger partial charge >= 0.3 is 12.0 Å². The van der Waals surface area contributed by atoms with Crippen molar-refractivity contribution in [1.82, 2.24) is 15.8 Å². The summed E-state index contributed by atoms with van der Waals surface area (Å²) >= 11 is 0. The smallest absolute Gasteiger partial charge is 0.329 e. The van der Waals surface area contributed by atoms with Crippen molar-refractivity contribution in [3.05, 3.63) is 0 Å². The number of carboxylic acid groups (broad SMARTS) is 1. The molecule has 0 aromatic rings. The van der Waals surface area contributed by atoms with Crippen molar-refractivity contribution in [2.24, 2.45) is 5.92 Å². The van der Waals surface area contributed by atoms with Crippen LogP contribution in [0.5, 0.6) is 0 Å². The Balaban J connectivity index is 2.37. The lowest BCUT2D eigenvalue weighted by Crippen LogP contribution is -2.56. The molecule has 0 aliphatic carbocycles. The first-order chi connectivity index (χ1) is 8.41. The van der Waals surface area contributed by atoms with Crippen molar-refractivity contribution >= 4 is 12.0 Å². The molecule has 104 valence electrons. The van der Waals surface area contributed by atoms with E-state index >= 15 is 0 Å². The molecule has 3 unspecified atom stereocenters. The lowest BCUT2D eigenvalue weighted by Gasteiger charge is -2.38. The van der Waals surface area contributed by atoms with Crippen molar-refractivity contribution in [1.29, 1.82) is 0 Å². The number of hydrazine groups is 1. The van der Waals surface area contributed by atoms with Gasteiger partial charge in [0.2, 0.25) is 0 Å². The largest absolute Gasteiger partial charge is 0.481 e. The Hall–Kier alpha value is -1.30. The van der Waals surface area contributed by atoms with E-state index in [1.807, 2.05) is 5.01 Å². The van der Waals surface area contributed by atoms with E-state index in [1.165, 1.54) is 6.42 Å². The summed E-state index contributed by atoms with van der Waals surface area (Å²) in [6.45, 7) is 5.86. The van der Waals surface area contributed by atoms with Crippen LogP contribution in [0.2, 0.25) is 0 Å². The molecule has 1 saturated heterocycles. The van der Waals surface area contributed by atoms with Crippen molar-refractivity contribution in [2.75, 3.05) is 6.54 Å². The number of nitrogens with zero attached hydrogens (tertiary/aromatic N) is 1. The van der Waals surface area contributed by atoms with Gasteiger partial charge in [-0.2, -0.15) is 0 Å². The number of hydrogen-bond donors (Lipinski definition) is 3. The number of carboxylic acids is 1. The molecular weight excluding hydrogens is 234 g/mol. The van der Waals surface area contributed by atoms with Gasteiger partial charge in [-0.15, -0.1) is 0 Å². The van der Waals surface area contributed by atoms with Gasteiger partial charge < -0.3 is 10.4 Å². The molecule has 2 amide bonds. The summed E-state index contributed by atoms with van der Waals surface area (Å²) in [6, 6.07) is 0.302. The number of carbonyl (C=O) groups is 2. The van der Waals surface area contributed by atoms with Crippen molar-refractivity contribution in [3.63, 3.8) is 0 Å². The van der Waals surface area contributed by atoms with Crippen molar-refractivity contribution in [3.8, 4) is 0 Å². The highest BCUT2D eigenvalue weighted by molar-refractivity contribution is 5.75. The quantitative estimate of drug-likeness (QED) is 0.706. The van der Waals surface area contributed by atoms with E-state index in [1.54, 1.807) is 6.92 Å². The van der Waals surface area contributed by atoms with E-state index in [9.17, 15) is 9.59 Å². The maximum Gasteiger partial charge on any atom is 0.329 e. The number of aliphatic carboxylic acids is 1. The standard InChI is InChI=1S/C12H23N3O3/c1-8(11(16)17)7-13-12(18)14-15-9(2)5-4-6-10(15)3/h8-10H,4-7H2,1-3H3,(H,16,17)(H2,13,14,18). The zero-order valence-corrected chi connectivity index (χ0v) is 11.3. The number of urea groups is 1. The van der Waals surface area contributed by atoms with Crippen LogP contribution in [0, 0.1) is 5.92 Å². The number of piperidine rings is 1. The second-order valence-electron chi connectivity index (χ2n) is 5.10. The van der Waals surface area contributed by atoms with Crippen LogP contribution in [0.1, 0.15) is 40.0 Å². The van der Waals surface area contributed by atoms with Crippen LogP contribution in [-0.4, -0.2) is 40.7 Å². The summed E-state index contributed by atoms with van der Waals surface area (Å²) in [5.74, 6) is -1.48. The molecule has 1 fully saturated rings. The monoisotopic (exact) mass is 257 g/mol. The summed E-state index contributed by atoms with van der Waals surface area (Å²) in [6.07, 6.45) is 3.31. The molecule has 18 heavy (non-hydrogen) atoms. The number of hydrogen-bond acceptors (Lipinski definition) is 3. The third-order valence-electron chi connectivity index (χ3n) is 3.41. The van der Waals surface area contributed by atoms with E-state index in [2.05, 4.69) is 24.6 Å². The van der Waals surface area contributed by atoms with E-state index in [0.29, 0.717) is 12.1 Å². The van der Waals surface area contributed by atoms with Gasteiger partial charge in [0.1, 0.15) is 0 Å². The zero-order valence-electron chi connectivity index (χ0n) is 11.3.